The van der Waals surface area contributed by atoms with Crippen molar-refractivity contribution in [3.63, 3.8) is 0 Å². The lowest BCUT2D eigenvalue weighted by molar-refractivity contribution is -0.176. The van der Waals surface area contributed by atoms with Gasteiger partial charge in [-0.2, -0.15) is 0 Å². The molecule has 2 N–H and O–H groups in total. The van der Waals surface area contributed by atoms with Gasteiger partial charge < -0.3 is 44.1 Å². The Hall–Kier alpha value is -4.07. The van der Waals surface area contributed by atoms with E-state index in [2.05, 4.69) is 10.6 Å². The molecule has 2 aliphatic rings. The molecule has 2 aromatic rings. The Morgan fingerprint density at radius 2 is 1.49 bits per heavy atom. The smallest absolute Gasteiger partial charge is 0.410 e. The second-order valence-electron chi connectivity index (χ2n) is 12.2. The zero-order valence-corrected chi connectivity index (χ0v) is 27.7. The molecule has 2 fully saturated rings. The van der Waals surface area contributed by atoms with E-state index < -0.39 is 41.5 Å². The number of piperazine rings is 1. The maximum atomic E-state index is 13.2. The van der Waals surface area contributed by atoms with Crippen LogP contribution in [0, 0.1) is 0 Å². The molecule has 2 saturated heterocycles. The van der Waals surface area contributed by atoms with E-state index in [0.717, 1.165) is 16.7 Å². The van der Waals surface area contributed by atoms with Gasteiger partial charge >= 0.3 is 23.6 Å². The standard InChI is InChI=1S/C33H43ClN4O9/c1-33(2,3)47-31(41)36-20-24-11-9-23(10-12-24)19-35-30(40)37-14-16-38(17-15-37)32(42)46-26-13-18-43-27(22-45-29(34)39)28(26)44-21-25-7-5-4-6-8-25/h4-12,26-28H,13-22H2,1-3H3,(H,35,40)(H,36,41)/t26-,27+,28+/m1/s1. The molecule has 256 valence electrons. The summed E-state index contributed by atoms with van der Waals surface area (Å²) in [6, 6.07) is 16.8. The molecule has 4 amide bonds. The Balaban J connectivity index is 1.22. The number of benzene rings is 2. The van der Waals surface area contributed by atoms with Crippen molar-refractivity contribution in [1.82, 2.24) is 20.4 Å². The van der Waals surface area contributed by atoms with Crippen LogP contribution >= 0.6 is 11.6 Å². The number of hydrogen-bond acceptors (Lipinski definition) is 9. The molecule has 13 nitrogen and oxygen atoms in total. The van der Waals surface area contributed by atoms with Crippen molar-refractivity contribution in [2.24, 2.45) is 0 Å². The van der Waals surface area contributed by atoms with E-state index in [1.807, 2.05) is 54.6 Å². The van der Waals surface area contributed by atoms with Crippen LogP contribution in [0.5, 0.6) is 0 Å². The minimum Gasteiger partial charge on any atom is -0.451 e. The summed E-state index contributed by atoms with van der Waals surface area (Å²) in [7, 11) is 0. The molecule has 4 rings (SSSR count). The first kappa shape index (κ1) is 35.8. The molecule has 3 atom stereocenters. The summed E-state index contributed by atoms with van der Waals surface area (Å²) in [5.41, 5.74) is 1.21. The quantitative estimate of drug-likeness (QED) is 0.268. The van der Waals surface area contributed by atoms with Crippen LogP contribution < -0.4 is 10.6 Å². The highest BCUT2D eigenvalue weighted by Gasteiger charge is 2.39. The van der Waals surface area contributed by atoms with E-state index in [4.69, 9.17) is 35.3 Å². The van der Waals surface area contributed by atoms with E-state index >= 15 is 0 Å². The maximum Gasteiger partial charge on any atom is 0.410 e. The number of carbonyl (C=O) groups is 4. The van der Waals surface area contributed by atoms with Crippen molar-refractivity contribution in [1.29, 1.82) is 0 Å². The molecule has 0 bridgehead atoms. The molecule has 14 heteroatoms. The normalized spacial score (nSPS) is 19.8. The second-order valence-corrected chi connectivity index (χ2v) is 12.5. The molecular weight excluding hydrogens is 632 g/mol. The van der Waals surface area contributed by atoms with Gasteiger partial charge in [-0.15, -0.1) is 0 Å². The average molecular weight is 675 g/mol. The van der Waals surface area contributed by atoms with Gasteiger partial charge in [-0.25, -0.2) is 19.2 Å². The predicted molar refractivity (Wildman–Crippen MR) is 172 cm³/mol. The largest absolute Gasteiger partial charge is 0.451 e. The fourth-order valence-electron chi connectivity index (χ4n) is 5.08. The number of alkyl carbamates (subject to hydrolysis) is 1. The van der Waals surface area contributed by atoms with Crippen molar-refractivity contribution < 1.29 is 42.9 Å². The highest BCUT2D eigenvalue weighted by molar-refractivity contribution is 6.61. The van der Waals surface area contributed by atoms with Gasteiger partial charge in [-0.3, -0.25) is 0 Å². The molecule has 2 aromatic carbocycles. The molecule has 0 spiro atoms. The molecule has 0 saturated carbocycles. The summed E-state index contributed by atoms with van der Waals surface area (Å²) >= 11 is 5.37. The van der Waals surface area contributed by atoms with Crippen molar-refractivity contribution in [2.75, 3.05) is 39.4 Å². The molecule has 0 unspecified atom stereocenters. The van der Waals surface area contributed by atoms with Gasteiger partial charge in [0.05, 0.1) is 13.2 Å². The summed E-state index contributed by atoms with van der Waals surface area (Å²) in [5.74, 6) is 0. The minimum absolute atomic E-state index is 0.140. The van der Waals surface area contributed by atoms with Crippen molar-refractivity contribution in [3.05, 3.63) is 71.3 Å². The van der Waals surface area contributed by atoms with Gasteiger partial charge in [-0.05, 0) is 37.5 Å². The number of halogens is 1. The van der Waals surface area contributed by atoms with Crippen molar-refractivity contribution >= 4 is 35.2 Å². The Kier molecular flexibility index (Phi) is 13.1. The predicted octanol–water partition coefficient (Wildman–Crippen LogP) is 4.79. The van der Waals surface area contributed by atoms with Crippen LogP contribution in [-0.2, 0) is 43.4 Å². The topological polar surface area (TPSA) is 145 Å². The molecule has 0 aromatic heterocycles. The number of amides is 4. The van der Waals surface area contributed by atoms with Gasteiger partial charge in [0.1, 0.15) is 30.5 Å². The monoisotopic (exact) mass is 674 g/mol. The van der Waals surface area contributed by atoms with E-state index in [1.54, 1.807) is 30.6 Å². The summed E-state index contributed by atoms with van der Waals surface area (Å²) < 4.78 is 28.0. The Morgan fingerprint density at radius 1 is 0.872 bits per heavy atom. The van der Waals surface area contributed by atoms with Gasteiger partial charge in [0, 0.05) is 57.3 Å². The van der Waals surface area contributed by atoms with Crippen LogP contribution in [0.25, 0.3) is 0 Å². The molecule has 0 aliphatic carbocycles. The first-order valence-electron chi connectivity index (χ1n) is 15.6. The minimum atomic E-state index is -0.959. The molecule has 0 radical (unpaired) electrons. The highest BCUT2D eigenvalue weighted by Crippen LogP contribution is 2.24. The summed E-state index contributed by atoms with van der Waals surface area (Å²) in [6.07, 6.45) is -2.59. The number of carbonyl (C=O) groups excluding carboxylic acids is 4. The van der Waals surface area contributed by atoms with E-state index in [1.165, 1.54) is 0 Å². The second kappa shape index (κ2) is 17.2. The van der Waals surface area contributed by atoms with E-state index in [-0.39, 0.29) is 25.9 Å². The van der Waals surface area contributed by atoms with E-state index in [0.29, 0.717) is 45.7 Å². The SMILES string of the molecule is CC(C)(C)OC(=O)NCc1ccc(CNC(=O)N2CCN(C(=O)O[C@@H]3CCO[C@@H](COC(=O)Cl)[C@H]3OCc3ccccc3)CC2)cc1. The maximum absolute atomic E-state index is 13.2. The van der Waals surface area contributed by atoms with Crippen molar-refractivity contribution in [3.8, 4) is 0 Å². The van der Waals surface area contributed by atoms with Crippen LogP contribution in [0.1, 0.15) is 43.9 Å². The van der Waals surface area contributed by atoms with Crippen LogP contribution in [-0.4, -0.2) is 96.8 Å². The van der Waals surface area contributed by atoms with E-state index in [9.17, 15) is 19.2 Å². The number of nitrogens with zero attached hydrogens (tertiary/aromatic N) is 2. The number of ether oxygens (including phenoxy) is 5. The van der Waals surface area contributed by atoms with Crippen LogP contribution in [0.3, 0.4) is 0 Å². The third kappa shape index (κ3) is 11.9. The number of urea groups is 1. The first-order chi connectivity index (χ1) is 22.5. The van der Waals surface area contributed by atoms with Crippen LogP contribution in [0.2, 0.25) is 0 Å². The summed E-state index contributed by atoms with van der Waals surface area (Å²) in [4.78, 5) is 52.3. The van der Waals surface area contributed by atoms with Crippen LogP contribution in [0.15, 0.2) is 54.6 Å². The lowest BCUT2D eigenvalue weighted by atomic mass is 10.0. The fraction of sp³-hybridized carbons (Fsp3) is 0.515. The third-order valence-corrected chi connectivity index (χ3v) is 7.60. The van der Waals surface area contributed by atoms with Crippen LogP contribution in [0.4, 0.5) is 19.2 Å². The first-order valence-corrected chi connectivity index (χ1v) is 16.0. The molecule has 2 aliphatic heterocycles. The van der Waals surface area contributed by atoms with Gasteiger partial charge in [0.2, 0.25) is 0 Å². The number of nitrogens with one attached hydrogen (secondary N) is 2. The molecular formula is C33H43ClN4O9. The van der Waals surface area contributed by atoms with Gasteiger partial charge in [0.15, 0.2) is 0 Å². The average Bonchev–Trinajstić information content (AvgIpc) is 3.05. The molecule has 2 heterocycles. The van der Waals surface area contributed by atoms with Crippen molar-refractivity contribution in [2.45, 2.75) is 70.8 Å². The zero-order chi connectivity index (χ0) is 33.8. The summed E-state index contributed by atoms with van der Waals surface area (Å²) in [6.45, 7) is 7.75. The number of rotatable bonds is 10. The zero-order valence-electron chi connectivity index (χ0n) is 26.9. The lowest BCUT2D eigenvalue weighted by Gasteiger charge is -2.39. The highest BCUT2D eigenvalue weighted by atomic mass is 35.5. The Morgan fingerprint density at radius 3 is 2.11 bits per heavy atom. The lowest BCUT2D eigenvalue weighted by Crippen LogP contribution is -2.55. The fourth-order valence-corrected chi connectivity index (χ4v) is 5.14. The third-order valence-electron chi connectivity index (χ3n) is 7.49. The van der Waals surface area contributed by atoms with Gasteiger partial charge in [-0.1, -0.05) is 54.6 Å². The van der Waals surface area contributed by atoms with Gasteiger partial charge in [0.25, 0.3) is 0 Å². The Labute approximate surface area is 279 Å². The number of hydrogen-bond donors (Lipinski definition) is 2. The molecule has 47 heavy (non-hydrogen) atoms. The Bertz CT molecular complexity index is 1330. The summed E-state index contributed by atoms with van der Waals surface area (Å²) in [5, 5.41) is 5.64.